The molecule has 6 N–H and O–H groups in total. The number of urea groups is 1. The van der Waals surface area contributed by atoms with Gasteiger partial charge >= 0.3 is 34.1 Å². The van der Waals surface area contributed by atoms with Crippen molar-refractivity contribution in [3.05, 3.63) is 23.8 Å². The lowest BCUT2D eigenvalue weighted by atomic mass is 10.1. The lowest BCUT2D eigenvalue weighted by Gasteiger charge is -2.39. The van der Waals surface area contributed by atoms with Gasteiger partial charge in [0.2, 0.25) is 0 Å². The van der Waals surface area contributed by atoms with Crippen molar-refractivity contribution in [1.82, 2.24) is 29.7 Å². The normalized spacial score (nSPS) is 16.8. The van der Waals surface area contributed by atoms with E-state index >= 15 is 0 Å². The molecule has 2 aliphatic rings. The predicted octanol–water partition coefficient (Wildman–Crippen LogP) is -2.68. The van der Waals surface area contributed by atoms with Crippen molar-refractivity contribution in [3.8, 4) is 11.5 Å². The van der Waals surface area contributed by atoms with E-state index in [4.69, 9.17) is 5.11 Å². The molecule has 17 heteroatoms. The lowest BCUT2D eigenvalue weighted by Crippen LogP contribution is -2.66. The van der Waals surface area contributed by atoms with Crippen LogP contribution in [0, 0.1) is 0 Å². The van der Waals surface area contributed by atoms with Gasteiger partial charge in [0.25, 0.3) is 5.91 Å². The molecule has 3 rings (SSSR count). The van der Waals surface area contributed by atoms with Crippen LogP contribution >= 0.6 is 0 Å². The number of hydrogen-bond acceptors (Lipinski definition) is 9. The van der Waals surface area contributed by atoms with Crippen LogP contribution in [-0.2, 0) is 19.8 Å². The number of hydrazine groups is 1. The number of nitrogens with zero attached hydrogens (tertiary/aromatic N) is 3. The van der Waals surface area contributed by atoms with Crippen LogP contribution in [0.1, 0.15) is 10.4 Å². The molecular weight excluding hydrogens is 468 g/mol. The first-order valence-electron chi connectivity index (χ1n) is 9.16. The number of aromatic hydroxyl groups is 2. The van der Waals surface area contributed by atoms with Crippen molar-refractivity contribution in [2.45, 2.75) is 6.04 Å². The average molecular weight is 486 g/mol. The van der Waals surface area contributed by atoms with Gasteiger partial charge in [0.1, 0.15) is 0 Å². The van der Waals surface area contributed by atoms with Crippen LogP contribution < -0.4 is 15.5 Å². The first-order chi connectivity index (χ1) is 15.4. The fourth-order valence-electron chi connectivity index (χ4n) is 2.94. The van der Waals surface area contributed by atoms with Crippen LogP contribution in [-0.4, -0.2) is 100 Å². The van der Waals surface area contributed by atoms with Gasteiger partial charge < -0.3 is 25.5 Å². The molecule has 0 aromatic heterocycles. The van der Waals surface area contributed by atoms with E-state index in [-0.39, 0.29) is 23.0 Å². The summed E-state index contributed by atoms with van der Waals surface area (Å²) in [6.45, 7) is -1.21. The van der Waals surface area contributed by atoms with E-state index in [0.717, 1.165) is 23.1 Å². The second kappa shape index (κ2) is 8.69. The topological polar surface area (TPSA) is 226 Å². The fraction of sp³-hybridized carbons (Fsp3) is 0.312. The second-order valence-electron chi connectivity index (χ2n) is 6.94. The summed E-state index contributed by atoms with van der Waals surface area (Å²) in [7, 11) is -4.76. The summed E-state index contributed by atoms with van der Waals surface area (Å²) in [5.74, 6) is -4.93. The first kappa shape index (κ1) is 23.4. The summed E-state index contributed by atoms with van der Waals surface area (Å²) >= 11 is 0. The number of amides is 6. The van der Waals surface area contributed by atoms with Crippen molar-refractivity contribution < 1.29 is 47.7 Å². The highest BCUT2D eigenvalue weighted by Gasteiger charge is 2.42. The number of rotatable bonds is 5. The van der Waals surface area contributed by atoms with E-state index in [0.29, 0.717) is 5.01 Å². The first-order valence-corrected chi connectivity index (χ1v) is 10.6. The van der Waals surface area contributed by atoms with E-state index in [1.807, 2.05) is 0 Å². The highest BCUT2D eigenvalue weighted by molar-refractivity contribution is 7.88. The van der Waals surface area contributed by atoms with E-state index in [2.05, 4.69) is 10.7 Å². The van der Waals surface area contributed by atoms with Gasteiger partial charge in [-0.2, -0.15) is 8.42 Å². The van der Waals surface area contributed by atoms with Crippen LogP contribution in [0.3, 0.4) is 0 Å². The Kier molecular flexibility index (Phi) is 6.16. The number of carboxylic acid groups (broad SMARTS) is 1. The molecule has 2 fully saturated rings. The summed E-state index contributed by atoms with van der Waals surface area (Å²) in [5.41, 5.74) is 1.94. The Morgan fingerprint density at radius 1 is 1.00 bits per heavy atom. The summed E-state index contributed by atoms with van der Waals surface area (Å²) in [4.78, 5) is 60.4. The quantitative estimate of drug-likeness (QED) is 0.187. The van der Waals surface area contributed by atoms with Crippen LogP contribution in [0.25, 0.3) is 0 Å². The van der Waals surface area contributed by atoms with Gasteiger partial charge in [0.15, 0.2) is 11.5 Å². The molecule has 2 aliphatic heterocycles. The zero-order valence-electron chi connectivity index (χ0n) is 16.6. The SMILES string of the molecule is O=C(O)NC1CN(C(=O)NS(=O)(=O)N2CCN(NC(=O)c3ccc(O)c(O)c3)C(=O)C2=O)C1. The fourth-order valence-corrected chi connectivity index (χ4v) is 4.02. The number of nitrogens with one attached hydrogen (secondary N) is 3. The summed E-state index contributed by atoms with van der Waals surface area (Å²) in [5, 5.41) is 30.0. The maximum absolute atomic E-state index is 12.4. The Morgan fingerprint density at radius 2 is 1.67 bits per heavy atom. The van der Waals surface area contributed by atoms with E-state index in [9.17, 15) is 42.6 Å². The Bertz CT molecular complexity index is 1130. The minimum absolute atomic E-state index is 0.0901. The van der Waals surface area contributed by atoms with Crippen molar-refractivity contribution in [1.29, 1.82) is 0 Å². The molecule has 1 aromatic rings. The maximum atomic E-state index is 12.4. The third kappa shape index (κ3) is 4.97. The van der Waals surface area contributed by atoms with Gasteiger partial charge in [-0.25, -0.2) is 23.6 Å². The number of carbonyl (C=O) groups excluding carboxylic acids is 4. The smallest absolute Gasteiger partial charge is 0.405 e. The number of benzene rings is 1. The molecule has 2 saturated heterocycles. The van der Waals surface area contributed by atoms with Gasteiger partial charge in [0, 0.05) is 18.7 Å². The molecule has 1 aromatic carbocycles. The molecule has 0 atom stereocenters. The van der Waals surface area contributed by atoms with Crippen molar-refractivity contribution in [2.75, 3.05) is 26.2 Å². The maximum Gasteiger partial charge on any atom is 0.405 e. The minimum atomic E-state index is -4.76. The van der Waals surface area contributed by atoms with Crippen molar-refractivity contribution in [2.24, 2.45) is 0 Å². The summed E-state index contributed by atoms with van der Waals surface area (Å²) < 4.78 is 26.6. The molecule has 0 radical (unpaired) electrons. The van der Waals surface area contributed by atoms with Crippen LogP contribution in [0.5, 0.6) is 11.5 Å². The molecule has 0 spiro atoms. The van der Waals surface area contributed by atoms with Gasteiger partial charge in [-0.15, -0.1) is 0 Å². The number of likely N-dealkylation sites (tertiary alicyclic amines) is 1. The van der Waals surface area contributed by atoms with E-state index in [1.165, 1.54) is 0 Å². The monoisotopic (exact) mass is 486 g/mol. The standard InChI is InChI=1S/C16H18N6O10S/c23-10-2-1-8(5-11(10)24)12(25)18-21-3-4-22(14(27)13(21)26)33(31,32)19-15(28)20-6-9(7-20)17-16(29)30/h1-2,5,9,17,23-24H,3-4,6-7H2,(H,18,25)(H,19,28)(H,29,30). The highest BCUT2D eigenvalue weighted by atomic mass is 32.2. The second-order valence-corrected chi connectivity index (χ2v) is 8.54. The third-order valence-corrected chi connectivity index (χ3v) is 6.02. The molecule has 0 unspecified atom stereocenters. The number of phenols is 2. The molecule has 0 bridgehead atoms. The zero-order valence-corrected chi connectivity index (χ0v) is 17.4. The number of hydrogen-bond donors (Lipinski definition) is 6. The Morgan fingerprint density at radius 3 is 2.27 bits per heavy atom. The van der Waals surface area contributed by atoms with Crippen molar-refractivity contribution in [3.63, 3.8) is 0 Å². The summed E-state index contributed by atoms with van der Waals surface area (Å²) in [6, 6.07) is 1.41. The van der Waals surface area contributed by atoms with Crippen LogP contribution in [0.2, 0.25) is 0 Å². The van der Waals surface area contributed by atoms with Crippen molar-refractivity contribution >= 4 is 40.1 Å². The predicted molar refractivity (Wildman–Crippen MR) is 105 cm³/mol. The number of piperazine rings is 1. The average Bonchev–Trinajstić information content (AvgIpc) is 2.69. The minimum Gasteiger partial charge on any atom is -0.504 e. The Labute approximate surface area is 185 Å². The molecule has 33 heavy (non-hydrogen) atoms. The largest absolute Gasteiger partial charge is 0.504 e. The lowest BCUT2D eigenvalue weighted by molar-refractivity contribution is -0.154. The van der Waals surface area contributed by atoms with E-state index in [1.54, 1.807) is 4.72 Å². The molecule has 16 nitrogen and oxygen atoms in total. The van der Waals surface area contributed by atoms with Gasteiger partial charge in [0.05, 0.1) is 19.1 Å². The van der Waals surface area contributed by atoms with Crippen LogP contribution in [0.15, 0.2) is 18.2 Å². The molecule has 2 heterocycles. The molecule has 0 aliphatic carbocycles. The van der Waals surface area contributed by atoms with Gasteiger partial charge in [-0.3, -0.25) is 19.8 Å². The molecular formula is C16H18N6O10S. The molecule has 178 valence electrons. The van der Waals surface area contributed by atoms with E-state index < -0.39 is 70.7 Å². The van der Waals surface area contributed by atoms with Gasteiger partial charge in [-0.05, 0) is 18.2 Å². The highest BCUT2D eigenvalue weighted by Crippen LogP contribution is 2.24. The van der Waals surface area contributed by atoms with Gasteiger partial charge in [-0.1, -0.05) is 0 Å². The van der Waals surface area contributed by atoms with Crippen LogP contribution in [0.4, 0.5) is 9.59 Å². The molecule has 6 amide bonds. The third-order valence-electron chi connectivity index (χ3n) is 4.66. The Hall–Kier alpha value is -4.28. The number of phenolic OH excluding ortho intramolecular Hbond substituents is 2. The summed E-state index contributed by atoms with van der Waals surface area (Å²) in [6.07, 6.45) is -1.30. The zero-order chi connectivity index (χ0) is 24.5. The number of carbonyl (C=O) groups is 5. The Balaban J connectivity index is 1.58. The molecule has 0 saturated carbocycles.